The first-order valence-electron chi connectivity index (χ1n) is 5.25. The molecule has 2 aromatic heterocycles. The van der Waals surface area contributed by atoms with Gasteiger partial charge in [0.05, 0.1) is 15.7 Å². The zero-order valence-electron chi connectivity index (χ0n) is 11.4. The number of aromatic amines is 1. The molecular weight excluding hydrogens is 310 g/mol. The van der Waals surface area contributed by atoms with Crippen LogP contribution in [0.3, 0.4) is 0 Å². The Labute approximate surface area is 147 Å². The van der Waals surface area contributed by atoms with Crippen molar-refractivity contribution in [1.29, 1.82) is 0 Å². The summed E-state index contributed by atoms with van der Waals surface area (Å²) in [6.45, 7) is 0. The Morgan fingerprint density at radius 2 is 1.80 bits per heavy atom. The minimum absolute atomic E-state index is 0. The Morgan fingerprint density at radius 3 is 2.50 bits per heavy atom. The summed E-state index contributed by atoms with van der Waals surface area (Å²) in [7, 11) is 0. The number of aromatic nitrogens is 6. The van der Waals surface area contributed by atoms with E-state index in [1.165, 1.54) is 6.33 Å². The number of hydrogen-bond acceptors (Lipinski definition) is 5. The molecule has 0 bridgehead atoms. The Morgan fingerprint density at radius 1 is 1.00 bits per heavy atom. The van der Waals surface area contributed by atoms with Crippen LogP contribution in [0.4, 0.5) is 0 Å². The van der Waals surface area contributed by atoms with E-state index in [1.807, 2.05) is 6.07 Å². The maximum atomic E-state index is 5.99. The van der Waals surface area contributed by atoms with Gasteiger partial charge in [-0.3, -0.25) is 0 Å². The summed E-state index contributed by atoms with van der Waals surface area (Å²) in [6, 6.07) is 7.04. The van der Waals surface area contributed by atoms with Crippen LogP contribution >= 0.6 is 23.2 Å². The maximum Gasteiger partial charge on any atom is 1.00 e. The third-order valence-electron chi connectivity index (χ3n) is 2.46. The molecule has 0 aliphatic rings. The second-order valence-electron chi connectivity index (χ2n) is 3.65. The van der Waals surface area contributed by atoms with Gasteiger partial charge in [-0.2, -0.15) is 5.21 Å². The number of rotatable bonds is 2. The molecule has 0 fully saturated rings. The van der Waals surface area contributed by atoms with Crippen LogP contribution in [0.25, 0.3) is 22.8 Å². The third-order valence-corrected chi connectivity index (χ3v) is 3.20. The van der Waals surface area contributed by atoms with Crippen molar-refractivity contribution in [1.82, 2.24) is 30.6 Å². The van der Waals surface area contributed by atoms with Gasteiger partial charge in [0.15, 0.2) is 0 Å². The van der Waals surface area contributed by atoms with Gasteiger partial charge in [-0.1, -0.05) is 29.3 Å². The number of nitrogens with one attached hydrogen (secondary N) is 1. The number of H-pyrrole nitrogens is 1. The van der Waals surface area contributed by atoms with Gasteiger partial charge < -0.3 is 1.43 Å². The Kier molecular flexibility index (Phi) is 5.06. The fourth-order valence-electron chi connectivity index (χ4n) is 1.56. The summed E-state index contributed by atoms with van der Waals surface area (Å²) in [4.78, 5) is 8.28. The molecular formula is C11H7Cl2N6Na. The first kappa shape index (κ1) is 15.3. The van der Waals surface area contributed by atoms with Crippen LogP contribution in [0.5, 0.6) is 0 Å². The van der Waals surface area contributed by atoms with E-state index >= 15 is 0 Å². The van der Waals surface area contributed by atoms with Crippen molar-refractivity contribution < 1.29 is 31.0 Å². The van der Waals surface area contributed by atoms with Crippen molar-refractivity contribution in [3.05, 3.63) is 40.6 Å². The molecule has 20 heavy (non-hydrogen) atoms. The second-order valence-corrected chi connectivity index (χ2v) is 4.47. The molecule has 0 aliphatic carbocycles. The standard InChI is InChI=1S/C11H6Cl2N6.Na.H/c12-7-2-1-6(3-8(7)13)9-4-10(15-5-14-9)11-16-18-19-17-11;;/h1-5H,(H,16,17,18,19);;/q;+1;-1. The van der Waals surface area contributed by atoms with Gasteiger partial charge in [0, 0.05) is 5.56 Å². The Hall–Kier alpha value is -1.05. The van der Waals surface area contributed by atoms with Crippen LogP contribution in [0.15, 0.2) is 30.6 Å². The molecule has 6 nitrogen and oxygen atoms in total. The first-order valence-corrected chi connectivity index (χ1v) is 6.01. The molecule has 9 heteroatoms. The van der Waals surface area contributed by atoms with Gasteiger partial charge in [0.25, 0.3) is 0 Å². The van der Waals surface area contributed by atoms with Crippen LogP contribution in [0.2, 0.25) is 10.0 Å². The summed E-state index contributed by atoms with van der Waals surface area (Å²) < 4.78 is 0. The van der Waals surface area contributed by atoms with E-state index in [9.17, 15) is 0 Å². The molecule has 1 N–H and O–H groups in total. The van der Waals surface area contributed by atoms with Crippen molar-refractivity contribution in [3.8, 4) is 22.8 Å². The maximum absolute atomic E-state index is 5.99. The molecule has 96 valence electrons. The van der Waals surface area contributed by atoms with E-state index in [2.05, 4.69) is 30.6 Å². The number of benzene rings is 1. The molecule has 0 atom stereocenters. The van der Waals surface area contributed by atoms with Crippen LogP contribution in [-0.4, -0.2) is 30.6 Å². The minimum Gasteiger partial charge on any atom is -1.00 e. The SMILES string of the molecule is Clc1ccc(-c2cc(-c3nn[nH]n3)ncn2)cc1Cl.[H-].[Na+]. The second kappa shape index (κ2) is 6.60. The fourth-order valence-corrected chi connectivity index (χ4v) is 1.86. The van der Waals surface area contributed by atoms with Crippen molar-refractivity contribution in [2.24, 2.45) is 0 Å². The Balaban J connectivity index is 0.00000110. The predicted molar refractivity (Wildman–Crippen MR) is 71.8 cm³/mol. The molecule has 1 aromatic carbocycles. The van der Waals surface area contributed by atoms with E-state index in [1.54, 1.807) is 18.2 Å². The number of hydrogen-bond donors (Lipinski definition) is 1. The third kappa shape index (κ3) is 3.16. The normalized spacial score (nSPS) is 10.1. The number of halogens is 2. The van der Waals surface area contributed by atoms with E-state index in [0.717, 1.165) is 5.56 Å². The molecule has 3 rings (SSSR count). The summed E-state index contributed by atoms with van der Waals surface area (Å²) in [5, 5.41) is 14.6. The van der Waals surface area contributed by atoms with Crippen molar-refractivity contribution >= 4 is 23.2 Å². The summed E-state index contributed by atoms with van der Waals surface area (Å²) in [5.74, 6) is 0.406. The smallest absolute Gasteiger partial charge is 1.00 e. The molecule has 0 radical (unpaired) electrons. The van der Waals surface area contributed by atoms with Gasteiger partial charge >= 0.3 is 29.6 Å². The summed E-state index contributed by atoms with van der Waals surface area (Å²) >= 11 is 11.9. The molecule has 0 saturated heterocycles. The van der Waals surface area contributed by atoms with Crippen LogP contribution in [0, 0.1) is 0 Å². The largest absolute Gasteiger partial charge is 1.00 e. The monoisotopic (exact) mass is 316 g/mol. The van der Waals surface area contributed by atoms with Gasteiger partial charge in [-0.05, 0) is 23.4 Å². The molecule has 0 saturated carbocycles. The molecule has 2 heterocycles. The van der Waals surface area contributed by atoms with E-state index in [0.29, 0.717) is 27.3 Å². The number of nitrogens with zero attached hydrogens (tertiary/aromatic N) is 5. The van der Waals surface area contributed by atoms with E-state index < -0.39 is 0 Å². The summed E-state index contributed by atoms with van der Waals surface area (Å²) in [6.07, 6.45) is 1.43. The zero-order chi connectivity index (χ0) is 13.2. The van der Waals surface area contributed by atoms with Gasteiger partial charge in [-0.25, -0.2) is 9.97 Å². The topological polar surface area (TPSA) is 80.2 Å². The minimum atomic E-state index is 0. The van der Waals surface area contributed by atoms with Crippen LogP contribution in [-0.2, 0) is 0 Å². The molecule has 0 unspecified atom stereocenters. The average molecular weight is 317 g/mol. The van der Waals surface area contributed by atoms with Crippen molar-refractivity contribution in [2.45, 2.75) is 0 Å². The van der Waals surface area contributed by atoms with E-state index in [-0.39, 0.29) is 31.0 Å². The van der Waals surface area contributed by atoms with Crippen molar-refractivity contribution in [3.63, 3.8) is 0 Å². The van der Waals surface area contributed by atoms with Gasteiger partial charge in [0.1, 0.15) is 12.0 Å². The van der Waals surface area contributed by atoms with Crippen LogP contribution in [0.1, 0.15) is 1.43 Å². The first-order chi connectivity index (χ1) is 9.24. The molecule has 0 amide bonds. The quantitative estimate of drug-likeness (QED) is 0.659. The molecule has 0 aliphatic heterocycles. The Bertz CT molecular complexity index is 724. The van der Waals surface area contributed by atoms with Crippen LogP contribution < -0.4 is 29.6 Å². The average Bonchev–Trinajstić information content (AvgIpc) is 2.96. The van der Waals surface area contributed by atoms with Gasteiger partial charge in [-0.15, -0.1) is 10.2 Å². The zero-order valence-corrected chi connectivity index (χ0v) is 13.9. The van der Waals surface area contributed by atoms with Gasteiger partial charge in [0.2, 0.25) is 5.82 Å². The van der Waals surface area contributed by atoms with E-state index in [4.69, 9.17) is 23.2 Å². The number of tetrazole rings is 1. The molecule has 0 spiro atoms. The fraction of sp³-hybridized carbons (Fsp3) is 0. The van der Waals surface area contributed by atoms with Crippen molar-refractivity contribution in [2.75, 3.05) is 0 Å². The molecule has 3 aromatic rings. The summed E-state index contributed by atoms with van der Waals surface area (Å²) in [5.41, 5.74) is 2.11. The predicted octanol–water partition coefficient (Wildman–Crippen LogP) is -0.253.